The Hall–Kier alpha value is -3.19. The SMILES string of the molecule is COc1cc(/C=C2\C(=O)NN(c3ccc(Cl)cc3)C2=O)cc(OC)c1OC. The summed E-state index contributed by atoms with van der Waals surface area (Å²) in [5.74, 6) is 0.278. The zero-order valence-electron chi connectivity index (χ0n) is 14.9. The molecule has 2 amide bonds. The second kappa shape index (κ2) is 7.59. The zero-order chi connectivity index (χ0) is 19.6. The van der Waals surface area contributed by atoms with Crippen LogP contribution in [0.4, 0.5) is 5.69 Å². The van der Waals surface area contributed by atoms with Crippen LogP contribution in [0.5, 0.6) is 17.2 Å². The van der Waals surface area contributed by atoms with E-state index in [9.17, 15) is 9.59 Å². The lowest BCUT2D eigenvalue weighted by molar-refractivity contribution is -0.117. The molecule has 140 valence electrons. The average Bonchev–Trinajstić information content (AvgIpc) is 2.96. The third-order valence-electron chi connectivity index (χ3n) is 3.97. The van der Waals surface area contributed by atoms with E-state index < -0.39 is 11.8 Å². The van der Waals surface area contributed by atoms with Crippen molar-refractivity contribution in [2.24, 2.45) is 0 Å². The van der Waals surface area contributed by atoms with Crippen molar-refractivity contribution in [2.75, 3.05) is 26.3 Å². The first-order chi connectivity index (χ1) is 13.0. The molecule has 7 nitrogen and oxygen atoms in total. The summed E-state index contributed by atoms with van der Waals surface area (Å²) in [6, 6.07) is 9.86. The van der Waals surface area contributed by atoms with Gasteiger partial charge in [-0.15, -0.1) is 0 Å². The number of anilines is 1. The summed E-state index contributed by atoms with van der Waals surface area (Å²) in [6.45, 7) is 0. The third kappa shape index (κ3) is 3.54. The number of carbonyl (C=O) groups is 2. The number of hydrazine groups is 1. The molecule has 0 spiro atoms. The van der Waals surface area contributed by atoms with Crippen LogP contribution in [-0.4, -0.2) is 33.1 Å². The maximum atomic E-state index is 12.7. The molecule has 2 aromatic carbocycles. The van der Waals surface area contributed by atoms with Gasteiger partial charge in [-0.2, -0.15) is 0 Å². The molecule has 0 unspecified atom stereocenters. The summed E-state index contributed by atoms with van der Waals surface area (Å²) < 4.78 is 15.9. The molecule has 0 radical (unpaired) electrons. The van der Waals surface area contributed by atoms with Crippen LogP contribution in [-0.2, 0) is 9.59 Å². The monoisotopic (exact) mass is 388 g/mol. The fraction of sp³-hybridized carbons (Fsp3) is 0.158. The van der Waals surface area contributed by atoms with E-state index in [0.29, 0.717) is 33.5 Å². The zero-order valence-corrected chi connectivity index (χ0v) is 15.7. The summed E-state index contributed by atoms with van der Waals surface area (Å²) >= 11 is 5.87. The number of rotatable bonds is 5. The number of hydrogen-bond donors (Lipinski definition) is 1. The van der Waals surface area contributed by atoms with Crippen LogP contribution >= 0.6 is 11.6 Å². The number of carbonyl (C=O) groups excluding carboxylic acids is 2. The molecule has 1 heterocycles. The van der Waals surface area contributed by atoms with Crippen molar-refractivity contribution in [3.05, 3.63) is 52.6 Å². The highest BCUT2D eigenvalue weighted by Gasteiger charge is 2.34. The second-order valence-corrected chi connectivity index (χ2v) is 6.01. The van der Waals surface area contributed by atoms with Gasteiger partial charge < -0.3 is 14.2 Å². The molecule has 3 rings (SSSR count). The number of nitrogens with zero attached hydrogens (tertiary/aromatic N) is 1. The lowest BCUT2D eigenvalue weighted by atomic mass is 10.1. The molecule has 8 heteroatoms. The van der Waals surface area contributed by atoms with Crippen molar-refractivity contribution in [1.82, 2.24) is 5.43 Å². The Kier molecular flexibility index (Phi) is 5.23. The van der Waals surface area contributed by atoms with E-state index in [4.69, 9.17) is 25.8 Å². The molecule has 0 saturated carbocycles. The van der Waals surface area contributed by atoms with Crippen LogP contribution < -0.4 is 24.6 Å². The van der Waals surface area contributed by atoms with Crippen molar-refractivity contribution >= 4 is 35.2 Å². The van der Waals surface area contributed by atoms with E-state index in [2.05, 4.69) is 5.43 Å². The fourth-order valence-corrected chi connectivity index (χ4v) is 2.81. The quantitative estimate of drug-likeness (QED) is 0.629. The molecule has 0 aromatic heterocycles. The summed E-state index contributed by atoms with van der Waals surface area (Å²) in [7, 11) is 4.48. The van der Waals surface area contributed by atoms with Gasteiger partial charge in [0.2, 0.25) is 5.75 Å². The summed E-state index contributed by atoms with van der Waals surface area (Å²) in [5, 5.41) is 1.70. The van der Waals surface area contributed by atoms with Crippen molar-refractivity contribution < 1.29 is 23.8 Å². The predicted octanol–water partition coefficient (Wildman–Crippen LogP) is 2.83. The van der Waals surface area contributed by atoms with Crippen LogP contribution in [0.1, 0.15) is 5.56 Å². The van der Waals surface area contributed by atoms with Gasteiger partial charge in [0.25, 0.3) is 11.8 Å². The smallest absolute Gasteiger partial charge is 0.282 e. The van der Waals surface area contributed by atoms with E-state index in [-0.39, 0.29) is 5.57 Å². The number of halogens is 1. The van der Waals surface area contributed by atoms with E-state index in [1.54, 1.807) is 36.4 Å². The van der Waals surface area contributed by atoms with Crippen molar-refractivity contribution in [2.45, 2.75) is 0 Å². The lowest BCUT2D eigenvalue weighted by Gasteiger charge is -2.14. The Balaban J connectivity index is 1.98. The number of amides is 2. The minimum Gasteiger partial charge on any atom is -0.493 e. The number of hydrogen-bond acceptors (Lipinski definition) is 5. The molecule has 27 heavy (non-hydrogen) atoms. The van der Waals surface area contributed by atoms with E-state index >= 15 is 0 Å². The first-order valence-corrected chi connectivity index (χ1v) is 8.29. The lowest BCUT2D eigenvalue weighted by Crippen LogP contribution is -2.35. The molecule has 0 bridgehead atoms. The van der Waals surface area contributed by atoms with Gasteiger partial charge in [-0.25, -0.2) is 5.01 Å². The topological polar surface area (TPSA) is 77.1 Å². The minimum absolute atomic E-state index is 0.0146. The first kappa shape index (κ1) is 18.6. The van der Waals surface area contributed by atoms with Crippen molar-refractivity contribution in [3.8, 4) is 17.2 Å². The largest absolute Gasteiger partial charge is 0.493 e. The van der Waals surface area contributed by atoms with Gasteiger partial charge >= 0.3 is 0 Å². The van der Waals surface area contributed by atoms with Gasteiger partial charge in [0.1, 0.15) is 5.57 Å². The van der Waals surface area contributed by atoms with Gasteiger partial charge in [0, 0.05) is 5.02 Å². The van der Waals surface area contributed by atoms with Gasteiger partial charge in [0.15, 0.2) is 11.5 Å². The number of methoxy groups -OCH3 is 3. The molecular formula is C19H17ClN2O5. The van der Waals surface area contributed by atoms with Crippen molar-refractivity contribution in [3.63, 3.8) is 0 Å². The molecule has 1 aliphatic heterocycles. The minimum atomic E-state index is -0.510. The highest BCUT2D eigenvalue weighted by molar-refractivity contribution is 6.32. The molecule has 1 saturated heterocycles. The number of nitrogens with one attached hydrogen (secondary N) is 1. The van der Waals surface area contributed by atoms with E-state index in [1.165, 1.54) is 32.4 Å². The summed E-state index contributed by atoms with van der Waals surface area (Å²) in [5.41, 5.74) is 3.58. The van der Waals surface area contributed by atoms with Crippen LogP contribution in [0.3, 0.4) is 0 Å². The average molecular weight is 389 g/mol. The molecular weight excluding hydrogens is 372 g/mol. The Morgan fingerprint density at radius 1 is 0.963 bits per heavy atom. The standard InChI is InChI=1S/C19H17ClN2O5/c1-25-15-9-11(10-16(26-2)17(15)27-3)8-14-18(23)21-22(19(14)24)13-6-4-12(20)5-7-13/h4-10H,1-3H3,(H,21,23)/b14-8+. The van der Waals surface area contributed by atoms with E-state index in [1.807, 2.05) is 0 Å². The third-order valence-corrected chi connectivity index (χ3v) is 4.23. The van der Waals surface area contributed by atoms with Gasteiger partial charge in [-0.05, 0) is 48.0 Å². The normalized spacial score (nSPS) is 15.1. The Morgan fingerprint density at radius 3 is 2.07 bits per heavy atom. The van der Waals surface area contributed by atoms with Gasteiger partial charge in [0.05, 0.1) is 27.0 Å². The number of ether oxygens (including phenoxy) is 3. The van der Waals surface area contributed by atoms with Crippen LogP contribution in [0.2, 0.25) is 5.02 Å². The highest BCUT2D eigenvalue weighted by Crippen LogP contribution is 2.39. The molecule has 2 aromatic rings. The Bertz CT molecular complexity index is 899. The molecule has 1 fully saturated rings. The van der Waals surface area contributed by atoms with Gasteiger partial charge in [-0.3, -0.25) is 15.0 Å². The molecule has 1 N–H and O–H groups in total. The van der Waals surface area contributed by atoms with Crippen LogP contribution in [0.25, 0.3) is 6.08 Å². The molecule has 0 atom stereocenters. The maximum Gasteiger partial charge on any atom is 0.282 e. The van der Waals surface area contributed by atoms with Crippen LogP contribution in [0, 0.1) is 0 Å². The van der Waals surface area contributed by atoms with Gasteiger partial charge in [-0.1, -0.05) is 11.6 Å². The fourth-order valence-electron chi connectivity index (χ4n) is 2.68. The summed E-state index contributed by atoms with van der Waals surface area (Å²) in [4.78, 5) is 25.0. The molecule has 0 aliphatic carbocycles. The van der Waals surface area contributed by atoms with E-state index in [0.717, 1.165) is 0 Å². The van der Waals surface area contributed by atoms with Crippen LogP contribution in [0.15, 0.2) is 42.0 Å². The maximum absolute atomic E-state index is 12.7. The Morgan fingerprint density at radius 2 is 1.56 bits per heavy atom. The second-order valence-electron chi connectivity index (χ2n) is 5.57. The van der Waals surface area contributed by atoms with Crippen molar-refractivity contribution in [1.29, 1.82) is 0 Å². The highest BCUT2D eigenvalue weighted by atomic mass is 35.5. The predicted molar refractivity (Wildman–Crippen MR) is 101 cm³/mol. The first-order valence-electron chi connectivity index (χ1n) is 7.91. The Labute approximate surface area is 161 Å². The summed E-state index contributed by atoms with van der Waals surface area (Å²) in [6.07, 6.45) is 1.47. The molecule has 1 aliphatic rings. The number of benzene rings is 2.